The molecular weight excluding hydrogens is 524 g/mol. The number of nitrogens with zero attached hydrogens (tertiary/aromatic N) is 2. The molecule has 0 aliphatic heterocycles. The van der Waals surface area contributed by atoms with Crippen molar-refractivity contribution in [2.45, 2.75) is 26.0 Å². The molecule has 0 aliphatic rings. The SMILES string of the molecule is O=C(O)COc1cc(CN(CCCc2ccccc2)C(=O)c2ccc([N+](=O)[O-])cc2)ccc1OCc1ccccc1. The van der Waals surface area contributed by atoms with Crippen molar-refractivity contribution in [3.8, 4) is 11.5 Å². The monoisotopic (exact) mass is 554 g/mol. The van der Waals surface area contributed by atoms with Gasteiger partial charge in [-0.2, -0.15) is 0 Å². The van der Waals surface area contributed by atoms with E-state index in [4.69, 9.17) is 9.47 Å². The Labute approximate surface area is 237 Å². The first-order chi connectivity index (χ1) is 19.9. The molecule has 210 valence electrons. The number of benzene rings is 4. The van der Waals surface area contributed by atoms with Crippen molar-refractivity contribution in [2.75, 3.05) is 13.2 Å². The van der Waals surface area contributed by atoms with Crippen LogP contribution in [0.25, 0.3) is 0 Å². The highest BCUT2D eigenvalue weighted by Crippen LogP contribution is 2.30. The summed E-state index contributed by atoms with van der Waals surface area (Å²) in [6, 6.07) is 30.2. The second kappa shape index (κ2) is 14.3. The van der Waals surface area contributed by atoms with Crippen LogP contribution in [0, 0.1) is 10.1 Å². The number of carboxylic acid groups (broad SMARTS) is 1. The lowest BCUT2D eigenvalue weighted by molar-refractivity contribution is -0.384. The topological polar surface area (TPSA) is 119 Å². The van der Waals surface area contributed by atoms with Gasteiger partial charge in [0.05, 0.1) is 4.92 Å². The zero-order chi connectivity index (χ0) is 29.0. The van der Waals surface area contributed by atoms with E-state index in [1.54, 1.807) is 23.1 Å². The molecule has 1 N–H and O–H groups in total. The van der Waals surface area contributed by atoms with Gasteiger partial charge in [0.1, 0.15) is 6.61 Å². The van der Waals surface area contributed by atoms with Gasteiger partial charge in [-0.25, -0.2) is 4.79 Å². The third-order valence-corrected chi connectivity index (χ3v) is 6.32. The minimum atomic E-state index is -1.12. The minimum Gasteiger partial charge on any atom is -0.485 e. The van der Waals surface area contributed by atoms with Crippen molar-refractivity contribution in [1.29, 1.82) is 0 Å². The zero-order valence-electron chi connectivity index (χ0n) is 22.3. The molecule has 9 heteroatoms. The molecule has 0 atom stereocenters. The predicted octanol–water partition coefficient (Wildman–Crippen LogP) is 5.91. The van der Waals surface area contributed by atoms with Crippen LogP contribution in [0.2, 0.25) is 0 Å². The van der Waals surface area contributed by atoms with E-state index in [0.717, 1.165) is 17.5 Å². The molecule has 0 heterocycles. The number of nitro groups is 1. The molecule has 0 radical (unpaired) electrons. The van der Waals surface area contributed by atoms with E-state index < -0.39 is 17.5 Å². The fraction of sp³-hybridized carbons (Fsp3) is 0.188. The van der Waals surface area contributed by atoms with Gasteiger partial charge >= 0.3 is 5.97 Å². The van der Waals surface area contributed by atoms with Gasteiger partial charge in [0.15, 0.2) is 18.1 Å². The van der Waals surface area contributed by atoms with Crippen molar-refractivity contribution in [2.24, 2.45) is 0 Å². The molecule has 4 aromatic rings. The van der Waals surface area contributed by atoms with Crippen LogP contribution in [0.3, 0.4) is 0 Å². The molecule has 0 bridgehead atoms. The average Bonchev–Trinajstić information content (AvgIpc) is 2.99. The standard InChI is InChI=1S/C32H30N2O7/c35-31(36)23-41-30-20-26(13-18-29(30)40-22-25-10-5-2-6-11-25)21-33(19-7-12-24-8-3-1-4-9-24)32(37)27-14-16-28(17-15-27)34(38)39/h1-6,8-11,13-18,20H,7,12,19,21-23H2,(H,35,36). The number of rotatable bonds is 14. The fourth-order valence-electron chi connectivity index (χ4n) is 4.26. The van der Waals surface area contributed by atoms with Gasteiger partial charge in [-0.3, -0.25) is 14.9 Å². The lowest BCUT2D eigenvalue weighted by Gasteiger charge is -2.24. The van der Waals surface area contributed by atoms with Gasteiger partial charge in [-0.05, 0) is 53.8 Å². The molecule has 0 saturated carbocycles. The first-order valence-corrected chi connectivity index (χ1v) is 13.1. The molecule has 0 fully saturated rings. The van der Waals surface area contributed by atoms with Crippen LogP contribution < -0.4 is 9.47 Å². The average molecular weight is 555 g/mol. The summed E-state index contributed by atoms with van der Waals surface area (Å²) in [6.45, 7) is 0.372. The number of aryl methyl sites for hydroxylation is 1. The van der Waals surface area contributed by atoms with Crippen molar-refractivity contribution in [3.63, 3.8) is 0 Å². The molecule has 0 spiro atoms. The number of carboxylic acids is 1. The molecule has 9 nitrogen and oxygen atoms in total. The Kier molecular flexibility index (Phi) is 10.0. The van der Waals surface area contributed by atoms with Gasteiger partial charge in [0.25, 0.3) is 11.6 Å². The smallest absolute Gasteiger partial charge is 0.341 e. The van der Waals surface area contributed by atoms with E-state index in [1.807, 2.05) is 60.7 Å². The van der Waals surface area contributed by atoms with Gasteiger partial charge < -0.3 is 19.5 Å². The number of amides is 1. The van der Waals surface area contributed by atoms with Crippen LogP contribution in [-0.4, -0.2) is 40.0 Å². The van der Waals surface area contributed by atoms with Gasteiger partial charge in [-0.1, -0.05) is 66.7 Å². The highest BCUT2D eigenvalue weighted by atomic mass is 16.6. The molecule has 0 aliphatic carbocycles. The molecule has 4 rings (SSSR count). The number of aliphatic carboxylic acids is 1. The Hall–Kier alpha value is -5.18. The molecule has 0 saturated heterocycles. The maximum atomic E-state index is 13.5. The van der Waals surface area contributed by atoms with E-state index >= 15 is 0 Å². The van der Waals surface area contributed by atoms with Crippen molar-refractivity contribution in [1.82, 2.24) is 4.90 Å². The number of carbonyl (C=O) groups excluding carboxylic acids is 1. The summed E-state index contributed by atoms with van der Waals surface area (Å²) < 4.78 is 11.5. The maximum Gasteiger partial charge on any atom is 0.341 e. The Morgan fingerprint density at radius 3 is 2.07 bits per heavy atom. The van der Waals surface area contributed by atoms with Crippen LogP contribution >= 0.6 is 0 Å². The second-order valence-electron chi connectivity index (χ2n) is 9.36. The van der Waals surface area contributed by atoms with E-state index in [9.17, 15) is 24.8 Å². The fourth-order valence-corrected chi connectivity index (χ4v) is 4.26. The summed E-state index contributed by atoms with van der Waals surface area (Å²) in [5.41, 5.74) is 3.05. The van der Waals surface area contributed by atoms with Gasteiger partial charge in [0.2, 0.25) is 0 Å². The summed E-state index contributed by atoms with van der Waals surface area (Å²) in [7, 11) is 0. The van der Waals surface area contributed by atoms with E-state index in [-0.39, 0.29) is 30.5 Å². The quantitative estimate of drug-likeness (QED) is 0.152. The first kappa shape index (κ1) is 28.8. The highest BCUT2D eigenvalue weighted by Gasteiger charge is 2.19. The molecule has 0 aromatic heterocycles. The maximum absolute atomic E-state index is 13.5. The number of nitro benzene ring substituents is 1. The first-order valence-electron chi connectivity index (χ1n) is 13.1. The molecule has 4 aromatic carbocycles. The number of hydrogen-bond donors (Lipinski definition) is 1. The van der Waals surface area contributed by atoms with Crippen LogP contribution in [0.4, 0.5) is 5.69 Å². The van der Waals surface area contributed by atoms with Gasteiger partial charge in [-0.15, -0.1) is 0 Å². The van der Waals surface area contributed by atoms with E-state index in [2.05, 4.69) is 0 Å². The summed E-state index contributed by atoms with van der Waals surface area (Å²) in [5, 5.41) is 20.2. The number of hydrogen-bond acceptors (Lipinski definition) is 6. The third-order valence-electron chi connectivity index (χ3n) is 6.32. The lowest BCUT2D eigenvalue weighted by Crippen LogP contribution is -2.31. The van der Waals surface area contributed by atoms with Crippen LogP contribution in [0.5, 0.6) is 11.5 Å². The Morgan fingerprint density at radius 2 is 1.44 bits per heavy atom. The third kappa shape index (κ3) is 8.66. The van der Waals surface area contributed by atoms with Gasteiger partial charge in [0, 0.05) is 30.8 Å². The van der Waals surface area contributed by atoms with Crippen LogP contribution in [-0.2, 0) is 24.4 Å². The number of carbonyl (C=O) groups is 2. The van der Waals surface area contributed by atoms with E-state index in [1.165, 1.54) is 24.3 Å². The zero-order valence-corrected chi connectivity index (χ0v) is 22.3. The van der Waals surface area contributed by atoms with Crippen molar-refractivity contribution in [3.05, 3.63) is 135 Å². The largest absolute Gasteiger partial charge is 0.485 e. The predicted molar refractivity (Wildman–Crippen MR) is 153 cm³/mol. The Bertz CT molecular complexity index is 1460. The second-order valence-corrected chi connectivity index (χ2v) is 9.36. The molecule has 0 unspecified atom stereocenters. The Balaban J connectivity index is 1.54. The minimum absolute atomic E-state index is 0.0940. The summed E-state index contributed by atoms with van der Waals surface area (Å²) >= 11 is 0. The highest BCUT2D eigenvalue weighted by molar-refractivity contribution is 5.94. The van der Waals surface area contributed by atoms with E-state index in [0.29, 0.717) is 29.8 Å². The van der Waals surface area contributed by atoms with Crippen molar-refractivity contribution < 1.29 is 29.1 Å². The number of non-ortho nitro benzene ring substituents is 1. The molecule has 41 heavy (non-hydrogen) atoms. The van der Waals surface area contributed by atoms with Crippen LogP contribution in [0.15, 0.2) is 103 Å². The Morgan fingerprint density at radius 1 is 0.780 bits per heavy atom. The summed E-state index contributed by atoms with van der Waals surface area (Å²) in [6.07, 6.45) is 1.47. The van der Waals surface area contributed by atoms with Crippen LogP contribution in [0.1, 0.15) is 33.5 Å². The molecule has 1 amide bonds. The normalized spacial score (nSPS) is 10.5. The summed E-state index contributed by atoms with van der Waals surface area (Å²) in [5.74, 6) is -0.755. The molecular formula is C32H30N2O7. The number of ether oxygens (including phenoxy) is 2. The summed E-state index contributed by atoms with van der Waals surface area (Å²) in [4.78, 5) is 37.0. The lowest BCUT2D eigenvalue weighted by atomic mass is 10.1. The van der Waals surface area contributed by atoms with Crippen molar-refractivity contribution >= 4 is 17.6 Å².